The van der Waals surface area contributed by atoms with E-state index in [0.29, 0.717) is 0 Å². The number of nitrogens with zero attached hydrogens (tertiary/aromatic N) is 1. The first-order chi connectivity index (χ1) is 14.3. The van der Waals surface area contributed by atoms with Crippen molar-refractivity contribution in [1.82, 2.24) is 4.67 Å². The maximum Gasteiger partial charge on any atom is 0.290 e. The molecule has 0 spiro atoms. The van der Waals surface area contributed by atoms with Crippen molar-refractivity contribution in [2.75, 3.05) is 7.11 Å². The van der Waals surface area contributed by atoms with Crippen LogP contribution in [-0.4, -0.2) is 19.5 Å². The van der Waals surface area contributed by atoms with E-state index in [4.69, 9.17) is 4.74 Å². The second kappa shape index (κ2) is 8.88. The lowest BCUT2D eigenvalue weighted by Crippen LogP contribution is -1.96. The minimum absolute atomic E-state index is 0.842. The van der Waals surface area contributed by atoms with Crippen LogP contribution in [0.15, 0.2) is 103 Å². The van der Waals surface area contributed by atoms with Crippen molar-refractivity contribution in [3.63, 3.8) is 0 Å². The van der Waals surface area contributed by atoms with Crippen LogP contribution in [0.1, 0.15) is 11.1 Å². The fraction of sp³-hybridized carbons (Fsp3) is 0.0370. The predicted molar refractivity (Wildman–Crippen MR) is 122 cm³/mol. The van der Waals surface area contributed by atoms with Gasteiger partial charge in [0, 0.05) is 5.56 Å². The average molecular weight is 375 g/mol. The SMILES string of the molecule is COc1ccc(-c2cccc(-c3ccccc3)c2C=[N+]=[C-]c2ccccc2)cc1. The Balaban J connectivity index is 1.85. The predicted octanol–water partition coefficient (Wildman–Crippen LogP) is 5.51. The average Bonchev–Trinajstić information content (AvgIpc) is 2.80. The van der Waals surface area contributed by atoms with E-state index in [9.17, 15) is 0 Å². The molecule has 0 saturated heterocycles. The van der Waals surface area contributed by atoms with Gasteiger partial charge in [-0.2, -0.15) is 4.67 Å². The van der Waals surface area contributed by atoms with Crippen molar-refractivity contribution in [1.29, 1.82) is 0 Å². The zero-order valence-corrected chi connectivity index (χ0v) is 16.2. The summed E-state index contributed by atoms with van der Waals surface area (Å²) < 4.78 is 9.82. The van der Waals surface area contributed by atoms with Gasteiger partial charge in [0.2, 0.25) is 6.21 Å². The summed E-state index contributed by atoms with van der Waals surface area (Å²) in [6, 6.07) is 34.8. The molecule has 4 rings (SSSR count). The Morgan fingerprint density at radius 3 is 1.86 bits per heavy atom. The van der Waals surface area contributed by atoms with Gasteiger partial charge in [0.1, 0.15) is 5.75 Å². The fourth-order valence-corrected chi connectivity index (χ4v) is 3.28. The van der Waals surface area contributed by atoms with Gasteiger partial charge < -0.3 is 4.74 Å². The zero-order chi connectivity index (χ0) is 19.9. The van der Waals surface area contributed by atoms with Crippen molar-refractivity contribution >= 4 is 12.4 Å². The van der Waals surface area contributed by atoms with Crippen molar-refractivity contribution in [2.24, 2.45) is 0 Å². The van der Waals surface area contributed by atoms with Gasteiger partial charge in [0.25, 0.3) is 6.21 Å². The summed E-state index contributed by atoms with van der Waals surface area (Å²) in [6.07, 6.45) is 5.02. The van der Waals surface area contributed by atoms with Crippen LogP contribution in [0.4, 0.5) is 0 Å². The second-order valence-electron chi connectivity index (χ2n) is 6.60. The van der Waals surface area contributed by atoms with Crippen LogP contribution in [-0.2, 0) is 0 Å². The van der Waals surface area contributed by atoms with Gasteiger partial charge in [-0.1, -0.05) is 72.3 Å². The number of benzene rings is 4. The third-order valence-electron chi connectivity index (χ3n) is 4.75. The lowest BCUT2D eigenvalue weighted by molar-refractivity contribution is 0.415. The van der Waals surface area contributed by atoms with Crippen LogP contribution < -0.4 is 9.40 Å². The molecule has 0 amide bonds. The first-order valence-corrected chi connectivity index (χ1v) is 9.52. The van der Waals surface area contributed by atoms with Crippen molar-refractivity contribution in [2.45, 2.75) is 0 Å². The van der Waals surface area contributed by atoms with Gasteiger partial charge >= 0.3 is 0 Å². The largest absolute Gasteiger partial charge is 0.497 e. The van der Waals surface area contributed by atoms with Crippen LogP contribution in [0.3, 0.4) is 0 Å². The first-order valence-electron chi connectivity index (χ1n) is 9.52. The highest BCUT2D eigenvalue weighted by molar-refractivity contribution is 5.99. The van der Waals surface area contributed by atoms with Gasteiger partial charge in [-0.3, -0.25) is 0 Å². The Kier molecular flexibility index (Phi) is 5.66. The van der Waals surface area contributed by atoms with Gasteiger partial charge in [-0.05, 0) is 34.4 Å². The molecule has 140 valence electrons. The van der Waals surface area contributed by atoms with E-state index >= 15 is 0 Å². The molecule has 4 aromatic carbocycles. The first kappa shape index (κ1) is 18.5. The van der Waals surface area contributed by atoms with Crippen molar-refractivity contribution in [3.05, 3.63) is 114 Å². The zero-order valence-electron chi connectivity index (χ0n) is 16.2. The van der Waals surface area contributed by atoms with E-state index in [1.54, 1.807) is 7.11 Å². The molecule has 0 unspecified atom stereocenters. The maximum absolute atomic E-state index is 5.31. The smallest absolute Gasteiger partial charge is 0.290 e. The minimum atomic E-state index is 0.842. The summed E-state index contributed by atoms with van der Waals surface area (Å²) in [6.45, 7) is 0. The maximum atomic E-state index is 5.31. The third-order valence-corrected chi connectivity index (χ3v) is 4.75. The van der Waals surface area contributed by atoms with Crippen molar-refractivity contribution < 1.29 is 4.74 Å². The number of rotatable bonds is 5. The molecule has 29 heavy (non-hydrogen) atoms. The quantitative estimate of drug-likeness (QED) is 0.256. The minimum Gasteiger partial charge on any atom is -0.497 e. The standard InChI is InChI=1S/C27H21NO/c1-29-24-17-15-23(16-18-24)26-14-8-13-25(22-11-6-3-7-12-22)27(26)20-28-19-21-9-4-2-5-10-21/h2-18,20H,1H3. The van der Waals surface area contributed by atoms with Gasteiger partial charge in [0.05, 0.1) is 7.11 Å². The Hall–Kier alpha value is -3.87. The molecule has 2 heteroatoms. The molecule has 0 radical (unpaired) electrons. The molecular weight excluding hydrogens is 354 g/mol. The summed E-state index contributed by atoms with van der Waals surface area (Å²) in [5.41, 5.74) is 6.54. The number of methoxy groups -OCH3 is 1. The second-order valence-corrected chi connectivity index (χ2v) is 6.60. The Bertz CT molecular complexity index is 1140. The topological polar surface area (TPSA) is 23.3 Å². The van der Waals surface area contributed by atoms with E-state index in [1.165, 1.54) is 0 Å². The lowest BCUT2D eigenvalue weighted by atomic mass is 9.92. The highest BCUT2D eigenvalue weighted by atomic mass is 16.5. The van der Waals surface area contributed by atoms with E-state index < -0.39 is 0 Å². The van der Waals surface area contributed by atoms with Gasteiger partial charge in [-0.15, -0.1) is 24.3 Å². The summed E-state index contributed by atoms with van der Waals surface area (Å²) in [4.78, 5) is 0. The van der Waals surface area contributed by atoms with Crippen LogP contribution >= 0.6 is 0 Å². The molecule has 0 heterocycles. The highest BCUT2D eigenvalue weighted by Gasteiger charge is 2.11. The normalized spacial score (nSPS) is 10.1. The Labute approximate surface area is 171 Å². The highest BCUT2D eigenvalue weighted by Crippen LogP contribution is 2.31. The van der Waals surface area contributed by atoms with Gasteiger partial charge in [0.15, 0.2) is 0 Å². The van der Waals surface area contributed by atoms with Gasteiger partial charge in [-0.25, -0.2) is 0 Å². The number of ether oxygens (including phenoxy) is 1. The molecule has 0 atom stereocenters. The van der Waals surface area contributed by atoms with Crippen LogP contribution in [0, 0.1) is 0 Å². The van der Waals surface area contributed by atoms with E-state index in [0.717, 1.165) is 39.1 Å². The lowest BCUT2D eigenvalue weighted by Gasteiger charge is -2.11. The fourth-order valence-electron chi connectivity index (χ4n) is 3.28. The van der Waals surface area contributed by atoms with Crippen LogP contribution in [0.2, 0.25) is 0 Å². The van der Waals surface area contributed by atoms with Crippen LogP contribution in [0.5, 0.6) is 5.75 Å². The Morgan fingerprint density at radius 1 is 0.655 bits per heavy atom. The molecule has 0 fully saturated rings. The summed E-state index contributed by atoms with van der Waals surface area (Å²) in [5, 5.41) is 0. The van der Waals surface area contributed by atoms with E-state index in [1.807, 2.05) is 54.7 Å². The summed E-state index contributed by atoms with van der Waals surface area (Å²) >= 11 is 0. The molecule has 0 aliphatic carbocycles. The van der Waals surface area contributed by atoms with Crippen LogP contribution in [0.25, 0.3) is 22.3 Å². The third kappa shape index (κ3) is 4.35. The number of hydrogen-bond donors (Lipinski definition) is 0. The number of hydrogen-bond acceptors (Lipinski definition) is 1. The van der Waals surface area contributed by atoms with E-state index in [-0.39, 0.29) is 0 Å². The van der Waals surface area contributed by atoms with E-state index in [2.05, 4.69) is 65.5 Å². The molecule has 0 saturated carbocycles. The van der Waals surface area contributed by atoms with Crippen molar-refractivity contribution in [3.8, 4) is 28.0 Å². The monoisotopic (exact) mass is 375 g/mol. The molecule has 0 N–H and O–H groups in total. The molecule has 0 aromatic heterocycles. The molecule has 2 nitrogen and oxygen atoms in total. The summed E-state index contributed by atoms with van der Waals surface area (Å²) in [5.74, 6) is 0.842. The molecule has 4 aromatic rings. The molecule has 0 bridgehead atoms. The Morgan fingerprint density at radius 2 is 1.24 bits per heavy atom. The molecule has 0 aliphatic rings. The molecule has 0 aliphatic heterocycles. The molecular formula is C27H21NO. The summed E-state index contributed by atoms with van der Waals surface area (Å²) in [7, 11) is 1.68.